The molecule has 5 heteroatoms. The molecule has 0 spiro atoms. The van der Waals surface area contributed by atoms with Crippen molar-refractivity contribution in [2.45, 2.75) is 25.0 Å². The van der Waals surface area contributed by atoms with Crippen LogP contribution in [0, 0.1) is 0 Å². The van der Waals surface area contributed by atoms with E-state index in [2.05, 4.69) is 10.3 Å². The predicted octanol–water partition coefficient (Wildman–Crippen LogP) is 0.351. The number of carbonyl (C=O) groups excluding carboxylic acids is 1. The van der Waals surface area contributed by atoms with Gasteiger partial charge in [-0.2, -0.15) is 0 Å². The van der Waals surface area contributed by atoms with E-state index in [-0.39, 0.29) is 18.6 Å². The molecule has 0 aromatic carbocycles. The molecule has 2 rings (SSSR count). The third-order valence-corrected chi connectivity index (χ3v) is 3.16. The molecule has 5 nitrogen and oxygen atoms in total. The average Bonchev–Trinajstić information content (AvgIpc) is 2.68. The summed E-state index contributed by atoms with van der Waals surface area (Å²) >= 11 is 0. The van der Waals surface area contributed by atoms with Gasteiger partial charge in [0.15, 0.2) is 0 Å². The quantitative estimate of drug-likeness (QED) is 0.794. The van der Waals surface area contributed by atoms with E-state index in [1.807, 2.05) is 6.92 Å². The van der Waals surface area contributed by atoms with Crippen molar-refractivity contribution in [1.82, 2.24) is 10.3 Å². The zero-order chi connectivity index (χ0) is 12.3. The fourth-order valence-electron chi connectivity index (χ4n) is 1.84. The molecule has 1 aromatic heterocycles. The van der Waals surface area contributed by atoms with Crippen molar-refractivity contribution < 1.29 is 14.6 Å². The van der Waals surface area contributed by atoms with Gasteiger partial charge in [-0.3, -0.25) is 9.78 Å². The molecule has 92 valence electrons. The third kappa shape index (κ3) is 2.62. The van der Waals surface area contributed by atoms with Crippen molar-refractivity contribution in [2.24, 2.45) is 0 Å². The van der Waals surface area contributed by atoms with E-state index in [1.54, 1.807) is 24.5 Å². The molecule has 0 radical (unpaired) electrons. The molecule has 0 aliphatic carbocycles. The van der Waals surface area contributed by atoms with Crippen molar-refractivity contribution in [3.05, 3.63) is 30.1 Å². The Balaban J connectivity index is 1.93. The SMILES string of the molecule is CC1OCCC1(O)CNC(=O)c1ccncc1. The highest BCUT2D eigenvalue weighted by atomic mass is 16.5. The van der Waals surface area contributed by atoms with Gasteiger partial charge in [-0.15, -0.1) is 0 Å². The second-order valence-electron chi connectivity index (χ2n) is 4.29. The topological polar surface area (TPSA) is 71.5 Å². The Bertz CT molecular complexity index is 396. The Morgan fingerprint density at radius 3 is 2.94 bits per heavy atom. The molecule has 1 saturated heterocycles. The monoisotopic (exact) mass is 236 g/mol. The summed E-state index contributed by atoms with van der Waals surface area (Å²) in [4.78, 5) is 15.6. The number of rotatable bonds is 3. The van der Waals surface area contributed by atoms with Gasteiger partial charge in [-0.1, -0.05) is 0 Å². The second kappa shape index (κ2) is 4.81. The van der Waals surface area contributed by atoms with E-state index < -0.39 is 5.60 Å². The number of aromatic nitrogens is 1. The number of ether oxygens (including phenoxy) is 1. The number of hydrogen-bond acceptors (Lipinski definition) is 4. The van der Waals surface area contributed by atoms with Gasteiger partial charge in [0.1, 0.15) is 5.60 Å². The molecule has 0 bridgehead atoms. The average molecular weight is 236 g/mol. The van der Waals surface area contributed by atoms with E-state index in [0.717, 1.165) is 0 Å². The van der Waals surface area contributed by atoms with Gasteiger partial charge < -0.3 is 15.2 Å². The normalized spacial score (nSPS) is 28.0. The highest BCUT2D eigenvalue weighted by Gasteiger charge is 2.39. The largest absolute Gasteiger partial charge is 0.385 e. The predicted molar refractivity (Wildman–Crippen MR) is 61.6 cm³/mol. The van der Waals surface area contributed by atoms with Crippen LogP contribution in [0.5, 0.6) is 0 Å². The Morgan fingerprint density at radius 1 is 1.65 bits per heavy atom. The van der Waals surface area contributed by atoms with Crippen LogP contribution >= 0.6 is 0 Å². The van der Waals surface area contributed by atoms with Gasteiger partial charge in [0, 0.05) is 37.5 Å². The Morgan fingerprint density at radius 2 is 2.35 bits per heavy atom. The maximum Gasteiger partial charge on any atom is 0.251 e. The van der Waals surface area contributed by atoms with Crippen LogP contribution in [0.2, 0.25) is 0 Å². The summed E-state index contributed by atoms with van der Waals surface area (Å²) in [5.41, 5.74) is -0.418. The summed E-state index contributed by atoms with van der Waals surface area (Å²) in [6.45, 7) is 2.55. The molecule has 2 N–H and O–H groups in total. The van der Waals surface area contributed by atoms with Crippen molar-refractivity contribution in [3.8, 4) is 0 Å². The molecule has 2 heterocycles. The van der Waals surface area contributed by atoms with E-state index in [4.69, 9.17) is 4.74 Å². The van der Waals surface area contributed by atoms with Crippen LogP contribution in [-0.2, 0) is 4.74 Å². The fraction of sp³-hybridized carbons (Fsp3) is 0.500. The lowest BCUT2D eigenvalue weighted by atomic mass is 9.96. The first kappa shape index (κ1) is 12.0. The van der Waals surface area contributed by atoms with Gasteiger partial charge >= 0.3 is 0 Å². The number of nitrogens with one attached hydrogen (secondary N) is 1. The number of carbonyl (C=O) groups is 1. The number of aliphatic hydroxyl groups is 1. The molecular weight excluding hydrogens is 220 g/mol. The lowest BCUT2D eigenvalue weighted by molar-refractivity contribution is -0.0251. The zero-order valence-electron chi connectivity index (χ0n) is 9.72. The third-order valence-electron chi connectivity index (χ3n) is 3.16. The molecule has 1 aromatic rings. The first-order chi connectivity index (χ1) is 8.12. The van der Waals surface area contributed by atoms with Gasteiger partial charge in [-0.25, -0.2) is 0 Å². The van der Waals surface area contributed by atoms with Crippen LogP contribution in [0.1, 0.15) is 23.7 Å². The molecule has 1 fully saturated rings. The second-order valence-corrected chi connectivity index (χ2v) is 4.29. The minimum atomic E-state index is -0.956. The minimum Gasteiger partial charge on any atom is -0.385 e. The molecule has 2 unspecified atom stereocenters. The summed E-state index contributed by atoms with van der Waals surface area (Å²) in [5.74, 6) is -0.208. The highest BCUT2D eigenvalue weighted by molar-refractivity contribution is 5.94. The van der Waals surface area contributed by atoms with E-state index >= 15 is 0 Å². The summed E-state index contributed by atoms with van der Waals surface area (Å²) in [7, 11) is 0. The number of nitrogens with zero attached hydrogens (tertiary/aromatic N) is 1. The molecule has 1 aliphatic rings. The van der Waals surface area contributed by atoms with Crippen LogP contribution in [-0.4, -0.2) is 40.9 Å². The maximum absolute atomic E-state index is 11.8. The summed E-state index contributed by atoms with van der Waals surface area (Å²) in [5, 5.41) is 12.9. The Kier molecular flexibility index (Phi) is 3.40. The lowest BCUT2D eigenvalue weighted by Crippen LogP contribution is -2.47. The van der Waals surface area contributed by atoms with Crippen LogP contribution in [0.4, 0.5) is 0 Å². The van der Waals surface area contributed by atoms with E-state index in [0.29, 0.717) is 18.6 Å². The molecule has 1 aliphatic heterocycles. The number of pyridine rings is 1. The molecule has 2 atom stereocenters. The van der Waals surface area contributed by atoms with Crippen LogP contribution in [0.25, 0.3) is 0 Å². The first-order valence-corrected chi connectivity index (χ1v) is 5.64. The maximum atomic E-state index is 11.8. The molecule has 0 saturated carbocycles. The van der Waals surface area contributed by atoms with Gasteiger partial charge in [0.25, 0.3) is 5.91 Å². The van der Waals surface area contributed by atoms with Crippen LogP contribution < -0.4 is 5.32 Å². The zero-order valence-corrected chi connectivity index (χ0v) is 9.72. The standard InChI is InChI=1S/C12H16N2O3/c1-9-12(16,4-7-17-9)8-14-11(15)10-2-5-13-6-3-10/h2-3,5-6,9,16H,4,7-8H2,1H3,(H,14,15). The summed E-state index contributed by atoms with van der Waals surface area (Å²) < 4.78 is 5.30. The smallest absolute Gasteiger partial charge is 0.251 e. The summed E-state index contributed by atoms with van der Waals surface area (Å²) in [6.07, 6.45) is 3.42. The number of hydrogen-bond donors (Lipinski definition) is 2. The van der Waals surface area contributed by atoms with Gasteiger partial charge in [0.05, 0.1) is 6.10 Å². The Hall–Kier alpha value is -1.46. The van der Waals surface area contributed by atoms with Gasteiger partial charge in [-0.05, 0) is 19.1 Å². The lowest BCUT2D eigenvalue weighted by Gasteiger charge is -2.26. The molecule has 17 heavy (non-hydrogen) atoms. The van der Waals surface area contributed by atoms with Crippen LogP contribution in [0.15, 0.2) is 24.5 Å². The molecule has 1 amide bonds. The summed E-state index contributed by atoms with van der Waals surface area (Å²) in [6, 6.07) is 3.27. The van der Waals surface area contributed by atoms with Gasteiger partial charge in [0.2, 0.25) is 0 Å². The minimum absolute atomic E-state index is 0.204. The van der Waals surface area contributed by atoms with Crippen molar-refractivity contribution >= 4 is 5.91 Å². The first-order valence-electron chi connectivity index (χ1n) is 5.64. The van der Waals surface area contributed by atoms with Crippen molar-refractivity contribution in [2.75, 3.05) is 13.2 Å². The van der Waals surface area contributed by atoms with Crippen LogP contribution in [0.3, 0.4) is 0 Å². The van der Waals surface area contributed by atoms with E-state index in [1.165, 1.54) is 0 Å². The number of amides is 1. The van der Waals surface area contributed by atoms with Crippen molar-refractivity contribution in [1.29, 1.82) is 0 Å². The molecular formula is C12H16N2O3. The van der Waals surface area contributed by atoms with Crippen molar-refractivity contribution in [3.63, 3.8) is 0 Å². The Labute approximate surface area is 99.8 Å². The van der Waals surface area contributed by atoms with E-state index in [9.17, 15) is 9.90 Å². The fourth-order valence-corrected chi connectivity index (χ4v) is 1.84. The highest BCUT2D eigenvalue weighted by Crippen LogP contribution is 2.24.